The van der Waals surface area contributed by atoms with Gasteiger partial charge in [0.05, 0.1) is 31.3 Å². The number of aromatic nitrogens is 1. The number of amides is 1. The van der Waals surface area contributed by atoms with Crippen molar-refractivity contribution in [1.82, 2.24) is 4.98 Å². The van der Waals surface area contributed by atoms with E-state index in [1.165, 1.54) is 0 Å². The number of anilines is 3. The maximum atomic E-state index is 11.3. The predicted octanol–water partition coefficient (Wildman–Crippen LogP) is 3.40. The summed E-state index contributed by atoms with van der Waals surface area (Å²) in [6, 6.07) is 11.1. The molecular weight excluding hydrogens is 270 g/mol. The van der Waals surface area contributed by atoms with Crippen LogP contribution in [0.25, 0.3) is 0 Å². The van der Waals surface area contributed by atoms with Crippen molar-refractivity contribution in [1.29, 1.82) is 0 Å². The van der Waals surface area contributed by atoms with Gasteiger partial charge in [-0.3, -0.25) is 5.32 Å². The minimum Gasteiger partial charge on any atom is -0.495 e. The molecule has 0 aliphatic heterocycles. The summed E-state index contributed by atoms with van der Waals surface area (Å²) in [5.74, 6) is 1.17. The summed E-state index contributed by atoms with van der Waals surface area (Å²) < 4.78 is 10.0. The summed E-state index contributed by atoms with van der Waals surface area (Å²) in [5, 5.41) is 5.73. The lowest BCUT2D eigenvalue weighted by molar-refractivity contribution is 0.168. The fourth-order valence-electron chi connectivity index (χ4n) is 1.72. The molecule has 0 saturated carbocycles. The van der Waals surface area contributed by atoms with E-state index >= 15 is 0 Å². The molecule has 0 saturated heterocycles. The maximum absolute atomic E-state index is 11.3. The number of nitrogens with zero attached hydrogens (tertiary/aromatic N) is 1. The molecular formula is C15H17N3O3. The number of pyridine rings is 1. The number of hydrogen-bond acceptors (Lipinski definition) is 5. The van der Waals surface area contributed by atoms with Gasteiger partial charge in [-0.05, 0) is 31.2 Å². The van der Waals surface area contributed by atoms with Gasteiger partial charge in [-0.2, -0.15) is 0 Å². The van der Waals surface area contributed by atoms with Crippen molar-refractivity contribution in [2.75, 3.05) is 24.4 Å². The second kappa shape index (κ2) is 7.14. The Hall–Kier alpha value is -2.76. The Morgan fingerprint density at radius 2 is 2.05 bits per heavy atom. The number of rotatable bonds is 5. The van der Waals surface area contributed by atoms with E-state index in [0.717, 1.165) is 17.1 Å². The smallest absolute Gasteiger partial charge is 0.412 e. The average molecular weight is 287 g/mol. The van der Waals surface area contributed by atoms with Gasteiger partial charge in [0.25, 0.3) is 0 Å². The van der Waals surface area contributed by atoms with Crippen LogP contribution in [0.1, 0.15) is 6.92 Å². The van der Waals surface area contributed by atoms with E-state index in [-0.39, 0.29) is 0 Å². The fourth-order valence-corrected chi connectivity index (χ4v) is 1.72. The van der Waals surface area contributed by atoms with Crippen LogP contribution in [0.2, 0.25) is 0 Å². The summed E-state index contributed by atoms with van der Waals surface area (Å²) in [5.41, 5.74) is 1.63. The summed E-state index contributed by atoms with van der Waals surface area (Å²) in [4.78, 5) is 15.4. The lowest BCUT2D eigenvalue weighted by atomic mass is 10.3. The molecule has 21 heavy (non-hydrogen) atoms. The molecule has 1 aromatic heterocycles. The maximum Gasteiger partial charge on any atom is 0.412 e. The molecule has 0 atom stereocenters. The molecule has 1 aromatic carbocycles. The van der Waals surface area contributed by atoms with Crippen LogP contribution in [0.4, 0.5) is 22.0 Å². The van der Waals surface area contributed by atoms with Gasteiger partial charge >= 0.3 is 6.09 Å². The van der Waals surface area contributed by atoms with Crippen LogP contribution in [0.3, 0.4) is 0 Å². The van der Waals surface area contributed by atoms with Gasteiger partial charge in [-0.15, -0.1) is 0 Å². The van der Waals surface area contributed by atoms with Crippen molar-refractivity contribution in [2.45, 2.75) is 6.92 Å². The van der Waals surface area contributed by atoms with Gasteiger partial charge in [0, 0.05) is 0 Å². The summed E-state index contributed by atoms with van der Waals surface area (Å²) >= 11 is 0. The topological polar surface area (TPSA) is 72.5 Å². The number of carbonyl (C=O) groups excluding carboxylic acids is 1. The summed E-state index contributed by atoms with van der Waals surface area (Å²) in [7, 11) is 1.62. The second-order valence-electron chi connectivity index (χ2n) is 4.10. The molecule has 2 rings (SSSR count). The Labute approximate surface area is 123 Å². The highest BCUT2D eigenvalue weighted by atomic mass is 16.5. The minimum atomic E-state index is -0.518. The first kappa shape index (κ1) is 14.6. The normalized spacial score (nSPS) is 9.81. The largest absolute Gasteiger partial charge is 0.495 e. The molecule has 110 valence electrons. The van der Waals surface area contributed by atoms with E-state index in [4.69, 9.17) is 9.47 Å². The summed E-state index contributed by atoms with van der Waals surface area (Å²) in [6.07, 6.45) is 1.10. The number of benzene rings is 1. The van der Waals surface area contributed by atoms with E-state index in [0.29, 0.717) is 12.4 Å². The molecule has 0 unspecified atom stereocenters. The molecule has 0 aliphatic rings. The highest BCUT2D eigenvalue weighted by Gasteiger charge is 2.04. The quantitative estimate of drug-likeness (QED) is 0.881. The third kappa shape index (κ3) is 4.10. The lowest BCUT2D eigenvalue weighted by Crippen LogP contribution is -2.14. The number of hydrogen-bond donors (Lipinski definition) is 2. The number of methoxy groups -OCH3 is 1. The predicted molar refractivity (Wildman–Crippen MR) is 81.2 cm³/mol. The van der Waals surface area contributed by atoms with Gasteiger partial charge in [0.1, 0.15) is 11.6 Å². The lowest BCUT2D eigenvalue weighted by Gasteiger charge is -2.11. The van der Waals surface area contributed by atoms with Crippen LogP contribution in [-0.4, -0.2) is 24.8 Å². The van der Waals surface area contributed by atoms with E-state index in [2.05, 4.69) is 15.6 Å². The van der Waals surface area contributed by atoms with Gasteiger partial charge in [0.15, 0.2) is 0 Å². The Morgan fingerprint density at radius 1 is 1.24 bits per heavy atom. The highest BCUT2D eigenvalue weighted by molar-refractivity contribution is 5.83. The van der Waals surface area contributed by atoms with Crippen molar-refractivity contribution < 1.29 is 14.3 Å². The van der Waals surface area contributed by atoms with Crippen LogP contribution in [0.15, 0.2) is 42.6 Å². The van der Waals surface area contributed by atoms with Crippen LogP contribution >= 0.6 is 0 Å². The van der Waals surface area contributed by atoms with E-state index in [1.54, 1.807) is 32.4 Å². The molecule has 0 fully saturated rings. The molecule has 6 nitrogen and oxygen atoms in total. The number of carbonyl (C=O) groups is 1. The molecule has 1 heterocycles. The van der Waals surface area contributed by atoms with Crippen molar-refractivity contribution in [3.05, 3.63) is 42.6 Å². The monoisotopic (exact) mass is 287 g/mol. The van der Waals surface area contributed by atoms with Crippen molar-refractivity contribution in [2.24, 2.45) is 0 Å². The van der Waals surface area contributed by atoms with Crippen LogP contribution in [-0.2, 0) is 4.74 Å². The molecule has 1 amide bonds. The van der Waals surface area contributed by atoms with Crippen molar-refractivity contribution >= 4 is 23.3 Å². The number of ether oxygens (including phenoxy) is 2. The fraction of sp³-hybridized carbons (Fsp3) is 0.200. The first-order chi connectivity index (χ1) is 10.2. The Balaban J connectivity index is 2.04. The Morgan fingerprint density at radius 3 is 2.71 bits per heavy atom. The zero-order valence-corrected chi connectivity index (χ0v) is 11.9. The molecule has 0 aliphatic carbocycles. The second-order valence-corrected chi connectivity index (χ2v) is 4.10. The molecule has 0 spiro atoms. The SMILES string of the molecule is CCOC(=O)Nc1ccc(Nc2ccccc2OC)cn1. The third-order valence-corrected chi connectivity index (χ3v) is 2.66. The van der Waals surface area contributed by atoms with Crippen molar-refractivity contribution in [3.63, 3.8) is 0 Å². The molecule has 6 heteroatoms. The number of nitrogens with one attached hydrogen (secondary N) is 2. The highest BCUT2D eigenvalue weighted by Crippen LogP contribution is 2.26. The molecule has 0 bridgehead atoms. The Kier molecular flexibility index (Phi) is 4.98. The van der Waals surface area contributed by atoms with Crippen molar-refractivity contribution in [3.8, 4) is 5.75 Å². The molecule has 2 aromatic rings. The van der Waals surface area contributed by atoms with Gasteiger partial charge < -0.3 is 14.8 Å². The zero-order chi connectivity index (χ0) is 15.1. The van der Waals surface area contributed by atoms with Gasteiger partial charge in [0.2, 0.25) is 0 Å². The van der Waals surface area contributed by atoms with Crippen LogP contribution in [0, 0.1) is 0 Å². The van der Waals surface area contributed by atoms with Gasteiger partial charge in [-0.25, -0.2) is 9.78 Å². The zero-order valence-electron chi connectivity index (χ0n) is 11.9. The Bertz CT molecular complexity index is 599. The van der Waals surface area contributed by atoms with Crippen LogP contribution < -0.4 is 15.4 Å². The number of para-hydroxylation sites is 2. The van der Waals surface area contributed by atoms with E-state index < -0.39 is 6.09 Å². The third-order valence-electron chi connectivity index (χ3n) is 2.66. The average Bonchev–Trinajstić information content (AvgIpc) is 2.50. The van der Waals surface area contributed by atoms with E-state index in [9.17, 15) is 4.79 Å². The van der Waals surface area contributed by atoms with Gasteiger partial charge in [-0.1, -0.05) is 12.1 Å². The van der Waals surface area contributed by atoms with Crippen LogP contribution in [0.5, 0.6) is 5.75 Å². The molecule has 2 N–H and O–H groups in total. The molecule has 0 radical (unpaired) electrons. The first-order valence-electron chi connectivity index (χ1n) is 6.52. The first-order valence-corrected chi connectivity index (χ1v) is 6.52. The standard InChI is InChI=1S/C15H17N3O3/c1-3-21-15(19)18-14-9-8-11(10-16-14)17-12-6-4-5-7-13(12)20-2/h4-10,17H,3H2,1-2H3,(H,16,18,19). The summed E-state index contributed by atoms with van der Waals surface area (Å²) in [6.45, 7) is 2.06. The van der Waals surface area contributed by atoms with E-state index in [1.807, 2.05) is 24.3 Å². The minimum absolute atomic E-state index is 0.319.